The molecule has 4 nitrogen and oxygen atoms in total. The Morgan fingerprint density at radius 2 is 2.18 bits per heavy atom. The number of benzene rings is 1. The molecule has 0 saturated carbocycles. The van der Waals surface area contributed by atoms with Gasteiger partial charge in [0.15, 0.2) is 5.75 Å². The van der Waals surface area contributed by atoms with Crippen LogP contribution in [-0.2, 0) is 0 Å². The molecule has 0 amide bonds. The molecule has 1 N–H and O–H groups in total. The van der Waals surface area contributed by atoms with Crippen LogP contribution in [0.5, 0.6) is 11.5 Å². The van der Waals surface area contributed by atoms with Crippen molar-refractivity contribution in [1.29, 1.82) is 0 Å². The van der Waals surface area contributed by atoms with Crippen molar-refractivity contribution in [2.75, 3.05) is 0 Å². The Kier molecular flexibility index (Phi) is 3.58. The number of nitrogens with zero attached hydrogens (tertiary/aromatic N) is 1. The van der Waals surface area contributed by atoms with Crippen LogP contribution in [0.4, 0.5) is 0 Å². The predicted molar refractivity (Wildman–Crippen MR) is 70.4 cm³/mol. The first-order chi connectivity index (χ1) is 8.16. The molecule has 1 heterocycles. The van der Waals surface area contributed by atoms with E-state index >= 15 is 0 Å². The summed E-state index contributed by atoms with van der Waals surface area (Å²) in [6.45, 7) is 0. The summed E-state index contributed by atoms with van der Waals surface area (Å²) in [6.07, 6.45) is 2.81. The van der Waals surface area contributed by atoms with Crippen LogP contribution < -0.4 is 4.74 Å². The third-order valence-corrected chi connectivity index (χ3v) is 2.71. The van der Waals surface area contributed by atoms with Crippen LogP contribution in [0.1, 0.15) is 10.4 Å². The van der Waals surface area contributed by atoms with Gasteiger partial charge in [-0.25, -0.2) is 4.79 Å². The fourth-order valence-electron chi connectivity index (χ4n) is 1.30. The topological polar surface area (TPSA) is 59.4 Å². The lowest BCUT2D eigenvalue weighted by atomic mass is 10.2. The lowest BCUT2D eigenvalue weighted by molar-refractivity contribution is 0.0694. The standard InChI is InChI=1S/C12H8INO3/c13-8-2-1-3-9(6-8)17-11-7-14-5-4-10(11)12(15)16/h1-7H,(H,15,16). The van der Waals surface area contributed by atoms with Gasteiger partial charge >= 0.3 is 5.97 Å². The molecular weight excluding hydrogens is 333 g/mol. The summed E-state index contributed by atoms with van der Waals surface area (Å²) in [5, 5.41) is 8.99. The number of halogens is 1. The number of aromatic carboxylic acids is 1. The van der Waals surface area contributed by atoms with E-state index in [1.807, 2.05) is 18.2 Å². The highest BCUT2D eigenvalue weighted by atomic mass is 127. The van der Waals surface area contributed by atoms with Gasteiger partial charge in [0.05, 0.1) is 6.20 Å². The van der Waals surface area contributed by atoms with Crippen LogP contribution in [-0.4, -0.2) is 16.1 Å². The van der Waals surface area contributed by atoms with Crippen molar-refractivity contribution in [3.05, 3.63) is 51.9 Å². The highest BCUT2D eigenvalue weighted by Gasteiger charge is 2.11. The van der Waals surface area contributed by atoms with E-state index < -0.39 is 5.97 Å². The van der Waals surface area contributed by atoms with Gasteiger partial charge < -0.3 is 9.84 Å². The highest BCUT2D eigenvalue weighted by molar-refractivity contribution is 14.1. The molecule has 0 unspecified atom stereocenters. The third-order valence-electron chi connectivity index (χ3n) is 2.04. The Balaban J connectivity index is 2.33. The number of carboxylic acids is 1. The monoisotopic (exact) mass is 341 g/mol. The molecule has 0 aliphatic carbocycles. The molecule has 5 heteroatoms. The normalized spacial score (nSPS) is 9.94. The van der Waals surface area contributed by atoms with E-state index in [0.29, 0.717) is 5.75 Å². The van der Waals surface area contributed by atoms with Gasteiger partial charge in [0.2, 0.25) is 0 Å². The molecule has 0 saturated heterocycles. The molecular formula is C12H8INO3. The molecule has 0 fully saturated rings. The Bertz CT molecular complexity index is 557. The fraction of sp³-hybridized carbons (Fsp3) is 0. The number of aromatic nitrogens is 1. The van der Waals surface area contributed by atoms with Crippen LogP contribution in [0, 0.1) is 3.57 Å². The second-order valence-corrected chi connectivity index (χ2v) is 4.48. The van der Waals surface area contributed by atoms with Crippen molar-refractivity contribution < 1.29 is 14.6 Å². The largest absolute Gasteiger partial charge is 0.478 e. The zero-order valence-corrected chi connectivity index (χ0v) is 10.8. The summed E-state index contributed by atoms with van der Waals surface area (Å²) in [5.74, 6) is -0.206. The van der Waals surface area contributed by atoms with E-state index in [9.17, 15) is 4.79 Å². The molecule has 0 bridgehead atoms. The third kappa shape index (κ3) is 2.94. The van der Waals surface area contributed by atoms with Crippen LogP contribution in [0.15, 0.2) is 42.7 Å². The number of carbonyl (C=O) groups is 1. The zero-order chi connectivity index (χ0) is 12.3. The zero-order valence-electron chi connectivity index (χ0n) is 8.63. The Labute approximate surface area is 111 Å². The van der Waals surface area contributed by atoms with E-state index in [0.717, 1.165) is 3.57 Å². The van der Waals surface area contributed by atoms with Crippen molar-refractivity contribution in [3.8, 4) is 11.5 Å². The van der Waals surface area contributed by atoms with Crippen LogP contribution >= 0.6 is 22.6 Å². The number of pyridine rings is 1. The summed E-state index contributed by atoms with van der Waals surface area (Å²) in [4.78, 5) is 14.8. The van der Waals surface area contributed by atoms with Gasteiger partial charge in [-0.2, -0.15) is 0 Å². The fourth-order valence-corrected chi connectivity index (χ4v) is 1.81. The number of rotatable bonds is 3. The van der Waals surface area contributed by atoms with Crippen LogP contribution in [0.2, 0.25) is 0 Å². The predicted octanol–water partition coefficient (Wildman–Crippen LogP) is 3.18. The Hall–Kier alpha value is -1.63. The number of carboxylic acid groups (broad SMARTS) is 1. The van der Waals surface area contributed by atoms with E-state index in [2.05, 4.69) is 27.6 Å². The second-order valence-electron chi connectivity index (χ2n) is 3.24. The van der Waals surface area contributed by atoms with Crippen LogP contribution in [0.25, 0.3) is 0 Å². The van der Waals surface area contributed by atoms with Gasteiger partial charge in [-0.15, -0.1) is 0 Å². The molecule has 17 heavy (non-hydrogen) atoms. The van der Waals surface area contributed by atoms with Crippen molar-refractivity contribution in [1.82, 2.24) is 4.98 Å². The van der Waals surface area contributed by atoms with E-state index in [1.54, 1.807) is 6.07 Å². The molecule has 1 aromatic carbocycles. The first-order valence-corrected chi connectivity index (χ1v) is 5.85. The van der Waals surface area contributed by atoms with Crippen molar-refractivity contribution in [2.24, 2.45) is 0 Å². The van der Waals surface area contributed by atoms with Gasteiger partial charge in [-0.3, -0.25) is 4.98 Å². The van der Waals surface area contributed by atoms with Crippen LogP contribution in [0.3, 0.4) is 0 Å². The maximum Gasteiger partial charge on any atom is 0.339 e. The smallest absolute Gasteiger partial charge is 0.339 e. The maximum atomic E-state index is 11.0. The van der Waals surface area contributed by atoms with E-state index in [-0.39, 0.29) is 11.3 Å². The van der Waals surface area contributed by atoms with Gasteiger partial charge in [0.1, 0.15) is 11.3 Å². The number of hydrogen-bond donors (Lipinski definition) is 1. The average Bonchev–Trinajstić information content (AvgIpc) is 2.29. The minimum Gasteiger partial charge on any atom is -0.478 e. The SMILES string of the molecule is O=C(O)c1ccncc1Oc1cccc(I)c1. The minimum absolute atomic E-state index is 0.0962. The molecule has 2 rings (SSSR count). The Morgan fingerprint density at radius 3 is 2.88 bits per heavy atom. The van der Waals surface area contributed by atoms with E-state index in [1.165, 1.54) is 18.5 Å². The molecule has 2 aromatic rings. The molecule has 86 valence electrons. The molecule has 0 aliphatic rings. The average molecular weight is 341 g/mol. The first kappa shape index (κ1) is 11.8. The van der Waals surface area contributed by atoms with Crippen molar-refractivity contribution >= 4 is 28.6 Å². The molecule has 0 spiro atoms. The van der Waals surface area contributed by atoms with Crippen molar-refractivity contribution in [3.63, 3.8) is 0 Å². The summed E-state index contributed by atoms with van der Waals surface area (Å²) in [5.41, 5.74) is 0.0962. The molecule has 1 aromatic heterocycles. The molecule has 0 aliphatic heterocycles. The van der Waals surface area contributed by atoms with Gasteiger partial charge in [0.25, 0.3) is 0 Å². The molecule has 0 radical (unpaired) electrons. The number of hydrogen-bond acceptors (Lipinski definition) is 3. The van der Waals surface area contributed by atoms with Gasteiger partial charge in [-0.05, 0) is 46.9 Å². The highest BCUT2D eigenvalue weighted by Crippen LogP contribution is 2.25. The van der Waals surface area contributed by atoms with Gasteiger partial charge in [0, 0.05) is 9.77 Å². The van der Waals surface area contributed by atoms with E-state index in [4.69, 9.17) is 9.84 Å². The lowest BCUT2D eigenvalue weighted by Crippen LogP contribution is -2.00. The summed E-state index contributed by atoms with van der Waals surface area (Å²) in [6, 6.07) is 8.76. The summed E-state index contributed by atoms with van der Waals surface area (Å²) in [7, 11) is 0. The minimum atomic E-state index is -1.03. The quantitative estimate of drug-likeness (QED) is 0.872. The summed E-state index contributed by atoms with van der Waals surface area (Å²) >= 11 is 2.16. The first-order valence-electron chi connectivity index (χ1n) is 4.77. The summed E-state index contributed by atoms with van der Waals surface area (Å²) < 4.78 is 6.52. The lowest BCUT2D eigenvalue weighted by Gasteiger charge is -2.07. The number of ether oxygens (including phenoxy) is 1. The maximum absolute atomic E-state index is 11.0. The Morgan fingerprint density at radius 1 is 1.35 bits per heavy atom. The molecule has 0 atom stereocenters. The van der Waals surface area contributed by atoms with Crippen molar-refractivity contribution in [2.45, 2.75) is 0 Å². The van der Waals surface area contributed by atoms with Gasteiger partial charge in [-0.1, -0.05) is 6.07 Å². The second kappa shape index (κ2) is 5.13.